The molecule has 0 saturated heterocycles. The van der Waals surface area contributed by atoms with Gasteiger partial charge in [0.1, 0.15) is 110 Å². The number of carbonyl (C=O) groups excluding carboxylic acids is 11. The van der Waals surface area contributed by atoms with Crippen LogP contribution in [0.5, 0.6) is 63.2 Å². The highest BCUT2D eigenvalue weighted by molar-refractivity contribution is 5.95. The van der Waals surface area contributed by atoms with Gasteiger partial charge in [0.05, 0.1) is 54.2 Å². The molecule has 640 valence electrons. The van der Waals surface area contributed by atoms with Crippen molar-refractivity contribution in [3.8, 4) is 63.2 Å². The zero-order valence-corrected chi connectivity index (χ0v) is 67.8. The van der Waals surface area contributed by atoms with Crippen molar-refractivity contribution in [2.75, 3.05) is 79.3 Å². The molecule has 122 heavy (non-hydrogen) atoms. The number of carbonyl (C=O) groups is 11. The molecule has 8 rings (SSSR count). The van der Waals surface area contributed by atoms with Gasteiger partial charge in [0.15, 0.2) is 11.6 Å². The van der Waals surface area contributed by atoms with E-state index < -0.39 is 71.5 Å². The number of hydrogen-bond acceptors (Lipinski definition) is 28. The molecule has 0 radical (unpaired) electrons. The fraction of sp³-hybridized carbons (Fsp3) is 0.237. The van der Waals surface area contributed by atoms with E-state index >= 15 is 0 Å². The normalized spacial score (nSPS) is 10.2. The highest BCUT2D eigenvalue weighted by Crippen LogP contribution is 2.29. The van der Waals surface area contributed by atoms with Gasteiger partial charge in [0.2, 0.25) is 0 Å². The Bertz CT molecular complexity index is 4910. The van der Waals surface area contributed by atoms with Crippen molar-refractivity contribution in [1.29, 1.82) is 0 Å². The number of halogens is 1. The highest BCUT2D eigenvalue weighted by Gasteiger charge is 2.20. The topological polar surface area (TPSA) is 345 Å². The molecule has 0 heterocycles. The van der Waals surface area contributed by atoms with E-state index in [-0.39, 0.29) is 81.2 Å². The van der Waals surface area contributed by atoms with Crippen LogP contribution in [0.25, 0.3) is 0 Å². The van der Waals surface area contributed by atoms with Crippen LogP contribution in [0.4, 0.5) is 4.39 Å². The fourth-order valence-corrected chi connectivity index (χ4v) is 9.71. The molecule has 29 heteroatoms. The number of unbranched alkanes of at least 4 members (excludes halogenated alkanes) is 4. The molecule has 0 saturated carbocycles. The monoisotopic (exact) mass is 1680 g/mol. The van der Waals surface area contributed by atoms with Crippen LogP contribution in [0.2, 0.25) is 0 Å². The molecule has 0 N–H and O–H groups in total. The molecular formula is C93H93FO28. The van der Waals surface area contributed by atoms with Crippen molar-refractivity contribution in [3.63, 3.8) is 0 Å². The maximum absolute atomic E-state index is 14.6. The Labute approximate surface area is 704 Å². The van der Waals surface area contributed by atoms with E-state index in [9.17, 15) is 57.1 Å². The van der Waals surface area contributed by atoms with Crippen molar-refractivity contribution >= 4 is 65.7 Å². The Morgan fingerprint density at radius 3 is 0.934 bits per heavy atom. The Hall–Kier alpha value is -14.9. The van der Waals surface area contributed by atoms with Crippen LogP contribution in [-0.2, 0) is 57.2 Å². The van der Waals surface area contributed by atoms with E-state index in [0.29, 0.717) is 112 Å². The first-order valence-electron chi connectivity index (χ1n) is 38.0. The van der Waals surface area contributed by atoms with E-state index in [4.69, 9.17) is 80.5 Å². The van der Waals surface area contributed by atoms with Crippen LogP contribution >= 0.6 is 0 Å². The van der Waals surface area contributed by atoms with Crippen molar-refractivity contribution in [2.24, 2.45) is 0 Å². The number of ether oxygens (including phenoxy) is 17. The van der Waals surface area contributed by atoms with E-state index in [0.717, 1.165) is 74.1 Å². The summed E-state index contributed by atoms with van der Waals surface area (Å²) in [5.41, 5.74) is 3.33. The minimum atomic E-state index is -0.918. The van der Waals surface area contributed by atoms with Crippen molar-refractivity contribution in [3.05, 3.63) is 296 Å². The van der Waals surface area contributed by atoms with Crippen LogP contribution in [0.3, 0.4) is 0 Å². The van der Waals surface area contributed by atoms with Gasteiger partial charge in [-0.1, -0.05) is 39.5 Å². The quantitative estimate of drug-likeness (QED) is 0.0112. The third kappa shape index (κ3) is 35.9. The van der Waals surface area contributed by atoms with Gasteiger partial charge in [-0.15, -0.1) is 0 Å². The van der Waals surface area contributed by atoms with Crippen LogP contribution in [0.1, 0.15) is 115 Å². The maximum atomic E-state index is 14.6. The lowest BCUT2D eigenvalue weighted by Crippen LogP contribution is -2.13. The van der Waals surface area contributed by atoms with Gasteiger partial charge in [-0.3, -0.25) is 0 Å². The van der Waals surface area contributed by atoms with Crippen LogP contribution in [-0.4, -0.2) is 145 Å². The van der Waals surface area contributed by atoms with E-state index in [2.05, 4.69) is 39.5 Å². The Morgan fingerprint density at radius 2 is 0.557 bits per heavy atom. The third-order valence-corrected chi connectivity index (χ3v) is 16.0. The first-order valence-corrected chi connectivity index (χ1v) is 38.0. The Balaban J connectivity index is 0.000000284. The SMILES string of the molecule is C=C(C)C(=O)OCCOc1ccc(C(=O)Oc2ccc(OC(=O)c3ccc(OCCOC(=O)C(=C)C)cc3)c(C)c2)cc1.C=CC(=O)OCCCCCCOc1ccc(C(=O)Oc2ccc(OCCCCOC(=O)C=C)cc2)c(C)c1.C=CC(=O)OCCOc1ccc(C(=O)Oc2ccc(OC(=O)c3ccc(OCCOC(=O)C=C)cc3)c(F)c2)cc1. The van der Waals surface area contributed by atoms with Crippen molar-refractivity contribution in [1.82, 2.24) is 0 Å². The molecule has 0 amide bonds. The summed E-state index contributed by atoms with van der Waals surface area (Å²) in [6.45, 7) is 29.4. The molecule has 0 atom stereocenters. The van der Waals surface area contributed by atoms with Crippen LogP contribution in [0.15, 0.2) is 251 Å². The number of rotatable bonds is 46. The molecular weight excluding hydrogens is 1580 g/mol. The summed E-state index contributed by atoms with van der Waals surface area (Å²) < 4.78 is 104. The molecule has 8 aromatic carbocycles. The highest BCUT2D eigenvalue weighted by atomic mass is 19.1. The molecule has 0 aromatic heterocycles. The maximum Gasteiger partial charge on any atom is 0.343 e. The van der Waals surface area contributed by atoms with Crippen molar-refractivity contribution in [2.45, 2.75) is 66.2 Å². The first kappa shape index (κ1) is 95.9. The lowest BCUT2D eigenvalue weighted by Gasteiger charge is -2.11. The summed E-state index contributed by atoms with van der Waals surface area (Å²) >= 11 is 0. The Morgan fingerprint density at radius 1 is 0.279 bits per heavy atom. The second kappa shape index (κ2) is 52.7. The minimum absolute atomic E-state index is 0.0262. The molecule has 0 bridgehead atoms. The molecule has 0 aliphatic rings. The van der Waals surface area contributed by atoms with Gasteiger partial charge < -0.3 is 80.5 Å². The van der Waals surface area contributed by atoms with Crippen molar-refractivity contribution < 1.29 is 138 Å². The number of aryl methyl sites for hydroxylation is 2. The zero-order chi connectivity index (χ0) is 88.6. The summed E-state index contributed by atoms with van der Waals surface area (Å²) in [4.78, 5) is 129. The van der Waals surface area contributed by atoms with E-state index in [1.165, 1.54) is 66.7 Å². The number of hydrogen-bond donors (Lipinski definition) is 0. The predicted octanol–water partition coefficient (Wildman–Crippen LogP) is 15.7. The summed E-state index contributed by atoms with van der Waals surface area (Å²) in [6.07, 6.45) is 9.39. The van der Waals surface area contributed by atoms with Gasteiger partial charge in [0, 0.05) is 41.5 Å². The molecule has 0 spiro atoms. The van der Waals surface area contributed by atoms with Crippen LogP contribution < -0.4 is 52.1 Å². The molecule has 0 aliphatic heterocycles. The molecule has 0 fully saturated rings. The molecule has 8 aromatic rings. The lowest BCUT2D eigenvalue weighted by atomic mass is 10.1. The second-order valence-electron chi connectivity index (χ2n) is 25.5. The van der Waals surface area contributed by atoms with Gasteiger partial charge >= 0.3 is 65.7 Å². The van der Waals surface area contributed by atoms with Gasteiger partial charge in [-0.25, -0.2) is 57.1 Å². The summed E-state index contributed by atoms with van der Waals surface area (Å²) in [5, 5.41) is 0. The van der Waals surface area contributed by atoms with Gasteiger partial charge in [-0.2, -0.15) is 0 Å². The standard InChI is InChI=1S/C33H32O10.C30H25FO10.C30H36O8/c1-21(2)30(34)40-18-16-38-26-10-6-24(7-11-26)32(36)42-28-14-15-29(23(5)20-28)43-33(37)25-8-12-27(13-9-25)39-17-19-41-31(35)22(3)4;1-3-27(32)38-17-15-36-22-9-5-20(6-10-22)29(34)40-24-13-14-26(25(31)19-24)41-30(35)21-7-11-23(12-8-21)37-16-18-39-28(33)4-2;1-4-28(31)36-20-9-7-6-8-18-35-26-16-17-27(23(3)22-26)30(33)38-25-14-12-24(13-15-25)34-19-10-11-21-37-29(32)5-2/h6-15,20H,1,3,16-19H2,2,4-5H3;3-14,19H,1-2,15-18H2;4-5,12-17,22H,1-2,6-11,18-21H2,3H3. The van der Waals surface area contributed by atoms with Crippen LogP contribution in [0, 0.1) is 19.7 Å². The largest absolute Gasteiger partial charge is 0.494 e. The third-order valence-electron chi connectivity index (χ3n) is 16.0. The smallest absolute Gasteiger partial charge is 0.343 e. The summed E-state index contributed by atoms with van der Waals surface area (Å²) in [7, 11) is 0. The number of benzene rings is 8. The van der Waals surface area contributed by atoms with E-state index in [1.807, 2.05) is 13.0 Å². The van der Waals surface area contributed by atoms with E-state index in [1.54, 1.807) is 112 Å². The number of esters is 11. The zero-order valence-electron chi connectivity index (χ0n) is 67.8. The summed E-state index contributed by atoms with van der Waals surface area (Å²) in [6, 6.07) is 44.5. The molecule has 0 unspecified atom stereocenters. The average molecular weight is 1680 g/mol. The lowest BCUT2D eigenvalue weighted by molar-refractivity contribution is -0.140. The minimum Gasteiger partial charge on any atom is -0.494 e. The second-order valence-corrected chi connectivity index (χ2v) is 25.5. The molecule has 28 nitrogen and oxygen atoms in total. The Kier molecular flexibility index (Phi) is 41.5. The summed E-state index contributed by atoms with van der Waals surface area (Å²) in [5.74, 6) is -3.30. The molecule has 0 aliphatic carbocycles. The average Bonchev–Trinajstić information content (AvgIpc) is 0.847. The van der Waals surface area contributed by atoms with Gasteiger partial charge in [-0.05, 0) is 247 Å². The predicted molar refractivity (Wildman–Crippen MR) is 443 cm³/mol. The first-order chi connectivity index (χ1) is 58.7. The fourth-order valence-electron chi connectivity index (χ4n) is 9.71. The van der Waals surface area contributed by atoms with Gasteiger partial charge in [0.25, 0.3) is 0 Å².